The molecule has 1 heterocycles. The highest BCUT2D eigenvalue weighted by Gasteiger charge is 2.07. The number of carboxylic acid groups (broad SMARTS) is 1. The maximum Gasteiger partial charge on any atom is 0.336 e. The van der Waals surface area contributed by atoms with Crippen molar-refractivity contribution < 1.29 is 9.90 Å². The van der Waals surface area contributed by atoms with Crippen LogP contribution >= 0.6 is 0 Å². The Labute approximate surface area is 69.1 Å². The van der Waals surface area contributed by atoms with E-state index in [1.54, 1.807) is 13.0 Å². The van der Waals surface area contributed by atoms with Crippen molar-refractivity contribution in [1.82, 2.24) is 4.98 Å². The third kappa shape index (κ3) is 1.40. The second-order valence-electron chi connectivity index (χ2n) is 2.30. The predicted octanol–water partition coefficient (Wildman–Crippen LogP) is 0.960. The van der Waals surface area contributed by atoms with E-state index in [9.17, 15) is 4.79 Å². The smallest absolute Gasteiger partial charge is 0.336 e. The van der Waals surface area contributed by atoms with Gasteiger partial charge < -0.3 is 5.11 Å². The molecule has 0 saturated heterocycles. The third-order valence-corrected chi connectivity index (χ3v) is 1.45. The number of carboxylic acids is 1. The Morgan fingerprint density at radius 3 is 2.92 bits per heavy atom. The van der Waals surface area contributed by atoms with Crippen LogP contribution in [0.3, 0.4) is 0 Å². The van der Waals surface area contributed by atoms with E-state index in [2.05, 4.69) is 4.98 Å². The van der Waals surface area contributed by atoms with Gasteiger partial charge in [0.1, 0.15) is 11.8 Å². The van der Waals surface area contributed by atoms with E-state index < -0.39 is 5.97 Å². The first kappa shape index (κ1) is 8.21. The van der Waals surface area contributed by atoms with Crippen molar-refractivity contribution in [1.29, 1.82) is 5.26 Å². The Hall–Kier alpha value is -1.89. The van der Waals surface area contributed by atoms with E-state index in [0.29, 0.717) is 5.56 Å². The summed E-state index contributed by atoms with van der Waals surface area (Å²) in [6.45, 7) is 1.64. The lowest BCUT2D eigenvalue weighted by Gasteiger charge is -1.98. The van der Waals surface area contributed by atoms with Crippen LogP contribution in [0.5, 0.6) is 0 Å². The van der Waals surface area contributed by atoms with Crippen molar-refractivity contribution in [2.24, 2.45) is 0 Å². The Balaban J connectivity index is 3.28. The molecule has 0 aromatic carbocycles. The van der Waals surface area contributed by atoms with Crippen LogP contribution in [0.25, 0.3) is 0 Å². The molecule has 60 valence electrons. The van der Waals surface area contributed by atoms with Crippen molar-refractivity contribution >= 4 is 5.97 Å². The minimum absolute atomic E-state index is 0.123. The summed E-state index contributed by atoms with van der Waals surface area (Å²) < 4.78 is 0. The van der Waals surface area contributed by atoms with E-state index >= 15 is 0 Å². The molecule has 0 spiro atoms. The molecule has 4 heteroatoms. The van der Waals surface area contributed by atoms with Crippen LogP contribution in [0.2, 0.25) is 0 Å². The van der Waals surface area contributed by atoms with Gasteiger partial charge in [0, 0.05) is 6.20 Å². The van der Waals surface area contributed by atoms with Crippen LogP contribution in [0, 0.1) is 18.3 Å². The lowest BCUT2D eigenvalue weighted by atomic mass is 10.1. The van der Waals surface area contributed by atoms with Gasteiger partial charge in [0.25, 0.3) is 0 Å². The molecular formula is C8H6N2O2. The summed E-state index contributed by atoms with van der Waals surface area (Å²) in [5.41, 5.74) is 0.807. The number of rotatable bonds is 1. The number of pyridine rings is 1. The van der Waals surface area contributed by atoms with Gasteiger partial charge in [-0.25, -0.2) is 9.78 Å². The van der Waals surface area contributed by atoms with Gasteiger partial charge >= 0.3 is 5.97 Å². The Morgan fingerprint density at radius 2 is 2.42 bits per heavy atom. The summed E-state index contributed by atoms with van der Waals surface area (Å²) in [5.74, 6) is -1.04. The maximum absolute atomic E-state index is 10.6. The van der Waals surface area contributed by atoms with Crippen LogP contribution in [0.1, 0.15) is 21.6 Å². The minimum atomic E-state index is -1.04. The first-order chi connectivity index (χ1) is 5.65. The molecule has 0 unspecified atom stereocenters. The average molecular weight is 162 g/mol. The van der Waals surface area contributed by atoms with Crippen LogP contribution in [-0.4, -0.2) is 16.1 Å². The van der Waals surface area contributed by atoms with Gasteiger partial charge in [0.15, 0.2) is 0 Å². The highest BCUT2D eigenvalue weighted by Crippen LogP contribution is 2.07. The fourth-order valence-electron chi connectivity index (χ4n) is 0.815. The zero-order valence-corrected chi connectivity index (χ0v) is 6.40. The summed E-state index contributed by atoms with van der Waals surface area (Å²) in [7, 11) is 0. The van der Waals surface area contributed by atoms with Gasteiger partial charge in [-0.3, -0.25) is 0 Å². The number of hydrogen-bond acceptors (Lipinski definition) is 3. The molecule has 0 aliphatic heterocycles. The zero-order valence-electron chi connectivity index (χ0n) is 6.40. The maximum atomic E-state index is 10.6. The molecule has 0 aliphatic rings. The lowest BCUT2D eigenvalue weighted by Crippen LogP contribution is -2.01. The van der Waals surface area contributed by atoms with Gasteiger partial charge in [-0.15, -0.1) is 0 Å². The highest BCUT2D eigenvalue weighted by molar-refractivity contribution is 5.89. The van der Waals surface area contributed by atoms with Gasteiger partial charge in [0.05, 0.1) is 5.56 Å². The number of hydrogen-bond donors (Lipinski definition) is 1. The molecule has 1 aromatic rings. The number of nitrogens with zero attached hydrogens (tertiary/aromatic N) is 2. The molecule has 0 fully saturated rings. The monoisotopic (exact) mass is 162 g/mol. The highest BCUT2D eigenvalue weighted by atomic mass is 16.4. The average Bonchev–Trinajstić information content (AvgIpc) is 2.05. The number of aromatic nitrogens is 1. The summed E-state index contributed by atoms with van der Waals surface area (Å²) in [4.78, 5) is 14.3. The van der Waals surface area contributed by atoms with E-state index in [0.717, 1.165) is 0 Å². The van der Waals surface area contributed by atoms with Crippen LogP contribution < -0.4 is 0 Å². The number of aryl methyl sites for hydroxylation is 1. The molecule has 1 N–H and O–H groups in total. The van der Waals surface area contributed by atoms with E-state index in [-0.39, 0.29) is 11.3 Å². The fraction of sp³-hybridized carbons (Fsp3) is 0.125. The van der Waals surface area contributed by atoms with Gasteiger partial charge in [-0.2, -0.15) is 5.26 Å². The Kier molecular flexibility index (Phi) is 2.06. The van der Waals surface area contributed by atoms with Gasteiger partial charge in [-0.1, -0.05) is 0 Å². The summed E-state index contributed by atoms with van der Waals surface area (Å²) in [6.07, 6.45) is 1.38. The molecular weight excluding hydrogens is 156 g/mol. The van der Waals surface area contributed by atoms with Gasteiger partial charge in [0.2, 0.25) is 0 Å². The molecule has 0 aliphatic carbocycles. The molecule has 0 radical (unpaired) electrons. The van der Waals surface area contributed by atoms with E-state index in [1.165, 1.54) is 12.3 Å². The van der Waals surface area contributed by atoms with Crippen molar-refractivity contribution in [2.75, 3.05) is 0 Å². The van der Waals surface area contributed by atoms with Crippen LogP contribution in [-0.2, 0) is 0 Å². The summed E-state index contributed by atoms with van der Waals surface area (Å²) in [5, 5.41) is 17.1. The molecule has 0 amide bonds. The van der Waals surface area contributed by atoms with E-state index in [4.69, 9.17) is 10.4 Å². The first-order valence-corrected chi connectivity index (χ1v) is 3.25. The van der Waals surface area contributed by atoms with Crippen LogP contribution in [0.4, 0.5) is 0 Å². The van der Waals surface area contributed by atoms with Crippen molar-refractivity contribution in [3.05, 3.63) is 29.1 Å². The normalized spacial score (nSPS) is 9.00. The fourth-order valence-corrected chi connectivity index (χ4v) is 0.815. The lowest BCUT2D eigenvalue weighted by molar-refractivity contribution is 0.0696. The van der Waals surface area contributed by atoms with Crippen molar-refractivity contribution in [3.8, 4) is 6.07 Å². The SMILES string of the molecule is Cc1cnc(C#N)cc1C(=O)O. The predicted molar refractivity (Wildman–Crippen MR) is 40.6 cm³/mol. The second-order valence-corrected chi connectivity index (χ2v) is 2.30. The largest absolute Gasteiger partial charge is 0.478 e. The standard InChI is InChI=1S/C8H6N2O2/c1-5-4-10-6(3-9)2-7(5)8(11)12/h2,4H,1H3,(H,11,12). The van der Waals surface area contributed by atoms with Crippen molar-refractivity contribution in [2.45, 2.75) is 6.92 Å². The summed E-state index contributed by atoms with van der Waals surface area (Å²) >= 11 is 0. The molecule has 4 nitrogen and oxygen atoms in total. The molecule has 1 rings (SSSR count). The first-order valence-electron chi connectivity index (χ1n) is 3.25. The van der Waals surface area contributed by atoms with Crippen molar-refractivity contribution in [3.63, 3.8) is 0 Å². The zero-order chi connectivity index (χ0) is 9.14. The third-order valence-electron chi connectivity index (χ3n) is 1.45. The molecule has 0 bridgehead atoms. The van der Waals surface area contributed by atoms with E-state index in [1.807, 2.05) is 0 Å². The Bertz CT molecular complexity index is 366. The molecule has 12 heavy (non-hydrogen) atoms. The Morgan fingerprint density at radius 1 is 1.75 bits per heavy atom. The van der Waals surface area contributed by atoms with Crippen LogP contribution in [0.15, 0.2) is 12.3 Å². The second kappa shape index (κ2) is 3.01. The molecule has 0 atom stereocenters. The quantitative estimate of drug-likeness (QED) is 0.667. The van der Waals surface area contributed by atoms with Gasteiger partial charge in [-0.05, 0) is 18.6 Å². The summed E-state index contributed by atoms with van der Waals surface area (Å²) in [6, 6.07) is 3.04. The molecule has 1 aromatic heterocycles. The minimum Gasteiger partial charge on any atom is -0.478 e. The number of aromatic carboxylic acids is 1. The number of carbonyl (C=O) groups is 1. The topological polar surface area (TPSA) is 74.0 Å². The number of nitriles is 1. The molecule has 0 saturated carbocycles.